The highest BCUT2D eigenvalue weighted by Crippen LogP contribution is 2.36. The zero-order valence-electron chi connectivity index (χ0n) is 18.5. The van der Waals surface area contributed by atoms with E-state index >= 15 is 0 Å². The van der Waals surface area contributed by atoms with Crippen LogP contribution < -0.4 is 14.7 Å². The number of nitrogens with zero attached hydrogens (tertiary/aromatic N) is 3. The first kappa shape index (κ1) is 24.3. The third kappa shape index (κ3) is 4.55. The second-order valence-electron chi connectivity index (χ2n) is 8.06. The van der Waals surface area contributed by atoms with Crippen molar-refractivity contribution in [2.75, 3.05) is 33.7 Å². The van der Waals surface area contributed by atoms with E-state index in [1.807, 2.05) is 0 Å². The average molecular weight is 547 g/mol. The van der Waals surface area contributed by atoms with Gasteiger partial charge in [0.25, 0.3) is 28.0 Å². The molecule has 10 nitrogen and oxygen atoms in total. The lowest BCUT2D eigenvalue weighted by Gasteiger charge is -2.23. The van der Waals surface area contributed by atoms with Gasteiger partial charge in [-0.2, -0.15) is 8.42 Å². The maximum Gasteiger partial charge on any atom is 0.289 e. The number of hydrogen-bond acceptors (Lipinski definition) is 7. The molecule has 0 saturated carbocycles. The molecule has 1 saturated heterocycles. The van der Waals surface area contributed by atoms with E-state index in [1.54, 1.807) is 41.3 Å². The number of rotatable bonds is 6. The summed E-state index contributed by atoms with van der Waals surface area (Å²) in [5, 5.41) is 7.85. The molecule has 2 aliphatic rings. The predicted octanol–water partition coefficient (Wildman–Crippen LogP) is 3.83. The molecule has 2 amide bonds. The molecule has 0 spiro atoms. The average Bonchev–Trinajstić information content (AvgIpc) is 3.55. The molecule has 0 unspecified atom stereocenters. The summed E-state index contributed by atoms with van der Waals surface area (Å²) in [4.78, 5) is 30.9. The van der Waals surface area contributed by atoms with Gasteiger partial charge in [0.15, 0.2) is 5.88 Å². The number of anilines is 3. The number of amidine groups is 1. The summed E-state index contributed by atoms with van der Waals surface area (Å²) in [7, 11) is -4.59. The van der Waals surface area contributed by atoms with Gasteiger partial charge in [-0.1, -0.05) is 17.7 Å². The number of benzene rings is 2. The number of amides is 2. The Bertz CT molecular complexity index is 1490. The van der Waals surface area contributed by atoms with E-state index in [0.29, 0.717) is 34.3 Å². The molecule has 2 N–H and O–H groups in total. The molecule has 1 aromatic heterocycles. The zero-order valence-corrected chi connectivity index (χ0v) is 20.9. The summed E-state index contributed by atoms with van der Waals surface area (Å²) >= 11 is 6.94. The van der Waals surface area contributed by atoms with Crippen molar-refractivity contribution in [1.29, 1.82) is 5.41 Å². The van der Waals surface area contributed by atoms with Gasteiger partial charge in [0, 0.05) is 22.5 Å². The lowest BCUT2D eigenvalue weighted by atomic mass is 10.1. The fourth-order valence-electron chi connectivity index (χ4n) is 4.21. The number of fused-ring (bicyclic) bond motifs is 1. The molecule has 13 heteroatoms. The van der Waals surface area contributed by atoms with Crippen molar-refractivity contribution in [1.82, 2.24) is 0 Å². The summed E-state index contributed by atoms with van der Waals surface area (Å²) in [6.07, 6.45) is 0. The maximum atomic E-state index is 13.3. The van der Waals surface area contributed by atoms with E-state index in [1.165, 1.54) is 23.1 Å². The van der Waals surface area contributed by atoms with Crippen LogP contribution >= 0.6 is 22.9 Å². The van der Waals surface area contributed by atoms with Crippen LogP contribution in [0.2, 0.25) is 4.34 Å². The molecule has 36 heavy (non-hydrogen) atoms. The van der Waals surface area contributed by atoms with E-state index in [4.69, 9.17) is 21.7 Å². The Hall–Kier alpha value is -3.45. The van der Waals surface area contributed by atoms with Crippen LogP contribution in [0.15, 0.2) is 54.6 Å². The summed E-state index contributed by atoms with van der Waals surface area (Å²) in [6.45, 7) is 1.08. The van der Waals surface area contributed by atoms with Crippen LogP contribution in [0.5, 0.6) is 0 Å². The van der Waals surface area contributed by atoms with Gasteiger partial charge in [-0.25, -0.2) is 0 Å². The van der Waals surface area contributed by atoms with E-state index < -0.39 is 21.9 Å². The van der Waals surface area contributed by atoms with Crippen molar-refractivity contribution in [2.45, 2.75) is 6.54 Å². The minimum Gasteiger partial charge on any atom is -0.463 e. The van der Waals surface area contributed by atoms with Gasteiger partial charge in [-0.3, -0.25) is 29.4 Å². The van der Waals surface area contributed by atoms with Gasteiger partial charge in [-0.05, 0) is 48.5 Å². The highest BCUT2D eigenvalue weighted by Gasteiger charge is 2.34. The molecule has 3 aromatic rings. The zero-order chi connectivity index (χ0) is 25.6. The third-order valence-electron chi connectivity index (χ3n) is 5.83. The molecule has 0 bridgehead atoms. The molecular weight excluding hydrogens is 528 g/mol. The van der Waals surface area contributed by atoms with Crippen LogP contribution in [-0.2, 0) is 21.4 Å². The van der Waals surface area contributed by atoms with Gasteiger partial charge in [0.2, 0.25) is 0 Å². The predicted molar refractivity (Wildman–Crippen MR) is 137 cm³/mol. The number of nitrogens with one attached hydrogen (secondary N) is 1. The SMILES string of the molecule is N=C1OCCN1c1ccc(N2Cc3c(cccc3N(CS(=O)(=O)O)C(=O)c3ccc(Cl)s3)C2=O)cc1. The first-order chi connectivity index (χ1) is 17.1. The van der Waals surface area contributed by atoms with Gasteiger partial charge < -0.3 is 9.64 Å². The maximum absolute atomic E-state index is 13.3. The Labute approximate surface area is 215 Å². The molecule has 0 aliphatic carbocycles. The smallest absolute Gasteiger partial charge is 0.289 e. The standard InChI is InChI=1S/C23H19ClN4O6S2/c24-20-9-8-19(35-20)22(30)28(13-36(31,32)33)18-3-1-2-16-17(18)12-27(21(16)29)15-6-4-14(5-7-15)26-10-11-34-23(26)25/h1-9,25H,10-13H2,(H,31,32,33). The topological polar surface area (TPSA) is 131 Å². The van der Waals surface area contributed by atoms with Crippen molar-refractivity contribution in [3.8, 4) is 0 Å². The largest absolute Gasteiger partial charge is 0.463 e. The Morgan fingerprint density at radius 3 is 2.39 bits per heavy atom. The van der Waals surface area contributed by atoms with Crippen molar-refractivity contribution in [2.24, 2.45) is 0 Å². The van der Waals surface area contributed by atoms with Crippen LogP contribution in [0.1, 0.15) is 25.6 Å². The van der Waals surface area contributed by atoms with Gasteiger partial charge in [0.05, 0.1) is 28.0 Å². The molecule has 3 heterocycles. The molecule has 186 valence electrons. The summed E-state index contributed by atoms with van der Waals surface area (Å²) in [5.74, 6) is -1.95. The van der Waals surface area contributed by atoms with Crippen LogP contribution in [0.3, 0.4) is 0 Å². The molecule has 2 aromatic carbocycles. The monoisotopic (exact) mass is 546 g/mol. The fourth-order valence-corrected chi connectivity index (χ4v) is 5.79. The highest BCUT2D eigenvalue weighted by molar-refractivity contribution is 7.85. The normalized spacial score (nSPS) is 15.3. The van der Waals surface area contributed by atoms with E-state index in [2.05, 4.69) is 0 Å². The van der Waals surface area contributed by atoms with Gasteiger partial charge >= 0.3 is 0 Å². The second kappa shape index (κ2) is 9.21. The molecule has 5 rings (SSSR count). The van der Waals surface area contributed by atoms with Crippen LogP contribution in [0.25, 0.3) is 0 Å². The Morgan fingerprint density at radius 2 is 1.81 bits per heavy atom. The van der Waals surface area contributed by atoms with E-state index in [0.717, 1.165) is 21.9 Å². The molecular formula is C23H19ClN4O6S2. The number of hydrogen-bond donors (Lipinski definition) is 2. The van der Waals surface area contributed by atoms with E-state index in [-0.39, 0.29) is 29.0 Å². The highest BCUT2D eigenvalue weighted by atomic mass is 35.5. The summed E-state index contributed by atoms with van der Waals surface area (Å²) in [6, 6.07) is 14.8. The van der Waals surface area contributed by atoms with Crippen molar-refractivity contribution in [3.63, 3.8) is 0 Å². The summed E-state index contributed by atoms with van der Waals surface area (Å²) in [5.41, 5.74) is 2.33. The fraction of sp³-hybridized carbons (Fsp3) is 0.174. The van der Waals surface area contributed by atoms with Crippen LogP contribution in [-0.4, -0.2) is 49.8 Å². The third-order valence-corrected chi connectivity index (χ3v) is 7.63. The first-order valence-electron chi connectivity index (χ1n) is 10.7. The first-order valence-corrected chi connectivity index (χ1v) is 13.5. The molecule has 2 aliphatic heterocycles. The lowest BCUT2D eigenvalue weighted by molar-refractivity contribution is 0.0987. The minimum atomic E-state index is -4.59. The Kier molecular flexibility index (Phi) is 6.20. The van der Waals surface area contributed by atoms with Crippen LogP contribution in [0.4, 0.5) is 17.1 Å². The summed E-state index contributed by atoms with van der Waals surface area (Å²) < 4.78 is 38.7. The van der Waals surface area contributed by atoms with Gasteiger partial charge in [0.1, 0.15) is 6.61 Å². The molecule has 0 radical (unpaired) electrons. The lowest BCUT2D eigenvalue weighted by Crippen LogP contribution is -2.36. The van der Waals surface area contributed by atoms with Gasteiger partial charge in [-0.15, -0.1) is 11.3 Å². The number of carbonyl (C=O) groups excluding carboxylic acids is 2. The Morgan fingerprint density at radius 1 is 1.11 bits per heavy atom. The van der Waals surface area contributed by atoms with Crippen LogP contribution in [0, 0.1) is 5.41 Å². The number of halogens is 1. The van der Waals surface area contributed by atoms with E-state index in [9.17, 15) is 22.6 Å². The Balaban J connectivity index is 1.48. The number of carbonyl (C=O) groups is 2. The van der Waals surface area contributed by atoms with Crippen molar-refractivity contribution < 1.29 is 27.3 Å². The second-order valence-corrected chi connectivity index (χ2v) is 11.2. The minimum absolute atomic E-state index is 0.0627. The van der Waals surface area contributed by atoms with Crippen molar-refractivity contribution >= 4 is 68.0 Å². The number of ether oxygens (including phenoxy) is 1. The molecule has 0 atom stereocenters. The number of thiophene rings is 1. The van der Waals surface area contributed by atoms with Crippen molar-refractivity contribution in [3.05, 3.63) is 74.9 Å². The molecule has 1 fully saturated rings. The quantitative estimate of drug-likeness (QED) is 0.449.